The number of hydrogen-bond acceptors (Lipinski definition) is 0. The van der Waals surface area contributed by atoms with Gasteiger partial charge in [0.15, 0.2) is 0 Å². The maximum Gasteiger partial charge on any atom is 3.00 e. The maximum atomic E-state index is 3.29. The Morgan fingerprint density at radius 3 is 1.82 bits per heavy atom. The molecule has 0 aromatic rings. The van der Waals surface area contributed by atoms with Crippen LogP contribution in [-0.2, 0) is 21.7 Å². The van der Waals surface area contributed by atoms with Gasteiger partial charge < -0.3 is 24.8 Å². The number of hydrogen-bond donors (Lipinski definition) is 0. The Hall–Kier alpha value is 0.774. The minimum atomic E-state index is 0. The van der Waals surface area contributed by atoms with Crippen LogP contribution in [0.4, 0.5) is 0 Å². The van der Waals surface area contributed by atoms with Gasteiger partial charge in [-0.1, -0.05) is 26.7 Å². The molecule has 0 aromatic carbocycles. The Balaban J connectivity index is -0.000000213. The van der Waals surface area contributed by atoms with Gasteiger partial charge in [-0.05, 0) is 0 Å². The van der Waals surface area contributed by atoms with Crippen molar-refractivity contribution in [3.05, 3.63) is 23.3 Å². The minimum absolute atomic E-state index is 0. The van der Waals surface area contributed by atoms with Gasteiger partial charge in [-0.15, -0.1) is 0 Å². The van der Waals surface area contributed by atoms with Crippen LogP contribution in [0.2, 0.25) is 0 Å². The largest absolute Gasteiger partial charge is 3.00 e. The molecule has 0 bridgehead atoms. The molecule has 0 fully saturated rings. The summed E-state index contributed by atoms with van der Waals surface area (Å²) in [7, 11) is 0. The van der Waals surface area contributed by atoms with E-state index in [0.29, 0.717) is 5.92 Å². The fraction of sp³-hybridized carbons (Fsp3) is 0.500. The van der Waals surface area contributed by atoms with Crippen molar-refractivity contribution in [1.29, 1.82) is 0 Å². The van der Waals surface area contributed by atoms with Gasteiger partial charge in [-0.3, -0.25) is 6.08 Å². The van der Waals surface area contributed by atoms with Gasteiger partial charge in [0.1, 0.15) is 0 Å². The fourth-order valence-corrected chi connectivity index (χ4v) is 0.964. The molecule has 0 aliphatic heterocycles. The Kier molecular flexibility index (Phi) is 12.0. The first-order valence-corrected chi connectivity index (χ1v) is 2.98. The summed E-state index contributed by atoms with van der Waals surface area (Å²) in [4.78, 5) is 0. The summed E-state index contributed by atoms with van der Waals surface area (Å²) in [6, 6.07) is 0. The van der Waals surface area contributed by atoms with Gasteiger partial charge in [0.2, 0.25) is 0 Å². The molecule has 0 saturated heterocycles. The van der Waals surface area contributed by atoms with E-state index in [9.17, 15) is 0 Å². The molecule has 1 radical (unpaired) electrons. The summed E-state index contributed by atoms with van der Waals surface area (Å²) in [6.07, 6.45) is 5.48. The van der Waals surface area contributed by atoms with Crippen LogP contribution in [0.1, 0.15) is 20.8 Å². The molecule has 0 amide bonds. The van der Waals surface area contributed by atoms with Crippen LogP contribution in [0.15, 0.2) is 17.2 Å². The predicted molar refractivity (Wildman–Crippen MR) is 35.4 cm³/mol. The molecular weight excluding hydrogens is 215 g/mol. The first kappa shape index (κ1) is 17.8. The third-order valence-electron chi connectivity index (χ3n) is 1.57. The van der Waals surface area contributed by atoms with Gasteiger partial charge in [0.25, 0.3) is 0 Å². The average Bonchev–Trinajstić information content (AvgIpc) is 1.85. The summed E-state index contributed by atoms with van der Waals surface area (Å²) >= 11 is 0. The van der Waals surface area contributed by atoms with E-state index in [1.165, 1.54) is 11.1 Å². The molecule has 1 atom stereocenters. The molecule has 0 heterocycles. The Morgan fingerprint density at radius 1 is 1.27 bits per heavy atom. The van der Waals surface area contributed by atoms with Crippen molar-refractivity contribution in [3.8, 4) is 0 Å². The van der Waals surface area contributed by atoms with Crippen molar-refractivity contribution in [1.82, 2.24) is 0 Å². The zero-order valence-electron chi connectivity index (χ0n) is 6.91. The Bertz CT molecular complexity index is 161. The molecule has 0 saturated carbocycles. The third kappa shape index (κ3) is 5.08. The second-order valence-electron chi connectivity index (χ2n) is 2.44. The quantitative estimate of drug-likeness (QED) is 0.295. The van der Waals surface area contributed by atoms with Crippen molar-refractivity contribution in [2.75, 3.05) is 0 Å². The molecule has 0 spiro atoms. The Morgan fingerprint density at radius 2 is 1.73 bits per heavy atom. The van der Waals surface area contributed by atoms with Crippen molar-refractivity contribution < 1.29 is 46.5 Å². The van der Waals surface area contributed by atoms with Crippen LogP contribution in [0.5, 0.6) is 0 Å². The van der Waals surface area contributed by atoms with E-state index < -0.39 is 0 Å². The molecule has 61 valence electrons. The smallest absolute Gasteiger partial charge is 1.00 e. The van der Waals surface area contributed by atoms with Crippen LogP contribution in [-0.4, -0.2) is 0 Å². The maximum absolute atomic E-state index is 3.29. The van der Waals surface area contributed by atoms with E-state index in [2.05, 4.69) is 32.9 Å². The van der Waals surface area contributed by atoms with Gasteiger partial charge in [-0.2, -0.15) is 5.57 Å². The Labute approximate surface area is 96.2 Å². The van der Waals surface area contributed by atoms with Crippen LogP contribution < -0.4 is 24.8 Å². The zero-order chi connectivity index (χ0) is 6.15. The predicted octanol–water partition coefficient (Wildman–Crippen LogP) is -3.66. The number of halogens is 2. The normalized spacial score (nSPS) is 20.1. The number of rotatable bonds is 0. The molecule has 3 heteroatoms. The van der Waals surface area contributed by atoms with Crippen molar-refractivity contribution in [3.63, 3.8) is 0 Å². The molecule has 1 rings (SSSR count). The van der Waals surface area contributed by atoms with E-state index in [1.54, 1.807) is 0 Å². The number of allylic oxidation sites excluding steroid dienone is 4. The summed E-state index contributed by atoms with van der Waals surface area (Å²) in [5, 5.41) is 0. The minimum Gasteiger partial charge on any atom is -1.00 e. The zero-order valence-corrected chi connectivity index (χ0v) is 9.98. The topological polar surface area (TPSA) is 0 Å². The molecule has 1 unspecified atom stereocenters. The van der Waals surface area contributed by atoms with Crippen molar-refractivity contribution in [2.45, 2.75) is 20.8 Å². The van der Waals surface area contributed by atoms with Crippen molar-refractivity contribution in [2.24, 2.45) is 5.92 Å². The molecule has 1 aliphatic rings. The molecule has 11 heavy (non-hydrogen) atoms. The van der Waals surface area contributed by atoms with Crippen molar-refractivity contribution >= 4 is 0 Å². The first-order valence-electron chi connectivity index (χ1n) is 2.98. The molecule has 0 N–H and O–H groups in total. The van der Waals surface area contributed by atoms with Crippen LogP contribution >= 0.6 is 0 Å². The van der Waals surface area contributed by atoms with E-state index in [0.717, 1.165) is 0 Å². The molecule has 0 nitrogen and oxygen atoms in total. The standard InChI is InChI=1S/C8H11.2ClH.Ti/c1-6-4-7(2)8(3)5-6;;;/h4,8H,1-3H3;2*1H;/q-1;;;+3/p-2. The molecule has 0 aromatic heterocycles. The third-order valence-corrected chi connectivity index (χ3v) is 1.57. The summed E-state index contributed by atoms with van der Waals surface area (Å²) in [5.74, 6) is 0.565. The van der Waals surface area contributed by atoms with E-state index in [4.69, 9.17) is 0 Å². The first-order chi connectivity index (χ1) is 3.70. The average molecular weight is 226 g/mol. The van der Waals surface area contributed by atoms with Gasteiger partial charge in [-0.25, -0.2) is 11.6 Å². The second kappa shape index (κ2) is 7.42. The van der Waals surface area contributed by atoms with Crippen LogP contribution in [0.25, 0.3) is 0 Å². The van der Waals surface area contributed by atoms with E-state index in [-0.39, 0.29) is 46.5 Å². The fourth-order valence-electron chi connectivity index (χ4n) is 0.964. The SMILES string of the molecule is CC1=[C-]C(C)C(C)=C1.[Cl-].[Cl-].[Ti+3]. The monoisotopic (exact) mass is 225 g/mol. The summed E-state index contributed by atoms with van der Waals surface area (Å²) in [6.45, 7) is 6.41. The molecule has 1 aliphatic carbocycles. The summed E-state index contributed by atoms with van der Waals surface area (Å²) < 4.78 is 0. The van der Waals surface area contributed by atoms with Crippen LogP contribution in [0, 0.1) is 12.0 Å². The summed E-state index contributed by atoms with van der Waals surface area (Å²) in [5.41, 5.74) is 2.72. The van der Waals surface area contributed by atoms with Crippen LogP contribution in [0.3, 0.4) is 0 Å². The van der Waals surface area contributed by atoms with Gasteiger partial charge in [0.05, 0.1) is 0 Å². The molecular formula is C8H11Cl2Ti. The second-order valence-corrected chi connectivity index (χ2v) is 2.44. The van der Waals surface area contributed by atoms with E-state index >= 15 is 0 Å². The van der Waals surface area contributed by atoms with Gasteiger partial charge >= 0.3 is 21.7 Å². The van der Waals surface area contributed by atoms with Gasteiger partial charge in [0, 0.05) is 0 Å². The van der Waals surface area contributed by atoms with E-state index in [1.807, 2.05) is 0 Å².